The molecule has 19 heavy (non-hydrogen) atoms. The standard InChI is InChI=1S/C13H16N4O2/c1-3-4-5-12-14-8-11(15-12)9-6-7-10(17-16-9)13(18)19-2/h6-8H,3-5H2,1-2H3,(H,14,15). The van der Waals surface area contributed by atoms with Gasteiger partial charge in [0.2, 0.25) is 0 Å². The van der Waals surface area contributed by atoms with Crippen molar-refractivity contribution in [2.24, 2.45) is 0 Å². The molecule has 0 aromatic carbocycles. The van der Waals surface area contributed by atoms with Gasteiger partial charge in [-0.2, -0.15) is 0 Å². The second-order valence-electron chi connectivity index (χ2n) is 4.14. The largest absolute Gasteiger partial charge is 0.464 e. The van der Waals surface area contributed by atoms with Crippen molar-refractivity contribution in [1.29, 1.82) is 0 Å². The van der Waals surface area contributed by atoms with Gasteiger partial charge in [-0.15, -0.1) is 10.2 Å². The molecule has 0 spiro atoms. The molecule has 0 aliphatic carbocycles. The fraction of sp³-hybridized carbons (Fsp3) is 0.385. The Kier molecular flexibility index (Phi) is 4.22. The van der Waals surface area contributed by atoms with E-state index in [4.69, 9.17) is 0 Å². The first-order valence-electron chi connectivity index (χ1n) is 6.21. The van der Waals surface area contributed by atoms with Crippen LogP contribution in [-0.4, -0.2) is 33.2 Å². The summed E-state index contributed by atoms with van der Waals surface area (Å²) >= 11 is 0. The number of H-pyrrole nitrogens is 1. The number of aromatic amines is 1. The number of esters is 1. The summed E-state index contributed by atoms with van der Waals surface area (Å²) in [6, 6.07) is 3.30. The van der Waals surface area contributed by atoms with Gasteiger partial charge < -0.3 is 9.72 Å². The number of hydrogen-bond acceptors (Lipinski definition) is 5. The van der Waals surface area contributed by atoms with Crippen LogP contribution in [0.3, 0.4) is 0 Å². The van der Waals surface area contributed by atoms with Crippen LogP contribution in [0, 0.1) is 0 Å². The average molecular weight is 260 g/mol. The summed E-state index contributed by atoms with van der Waals surface area (Å²) in [7, 11) is 1.31. The predicted octanol–water partition coefficient (Wildman–Crippen LogP) is 2.00. The summed E-state index contributed by atoms with van der Waals surface area (Å²) in [6.07, 6.45) is 4.88. The number of unbranched alkanes of at least 4 members (excludes halogenated alkanes) is 1. The van der Waals surface area contributed by atoms with E-state index in [0.717, 1.165) is 30.8 Å². The first-order valence-corrected chi connectivity index (χ1v) is 6.21. The Hall–Kier alpha value is -2.24. The summed E-state index contributed by atoms with van der Waals surface area (Å²) in [5, 5.41) is 7.81. The molecule has 0 fully saturated rings. The summed E-state index contributed by atoms with van der Waals surface area (Å²) in [6.45, 7) is 2.14. The van der Waals surface area contributed by atoms with Crippen LogP contribution in [0.5, 0.6) is 0 Å². The molecule has 6 nitrogen and oxygen atoms in total. The molecule has 100 valence electrons. The molecule has 1 N–H and O–H groups in total. The van der Waals surface area contributed by atoms with Gasteiger partial charge >= 0.3 is 5.97 Å². The van der Waals surface area contributed by atoms with E-state index in [0.29, 0.717) is 5.69 Å². The number of aryl methyl sites for hydroxylation is 1. The maximum atomic E-state index is 11.2. The Balaban J connectivity index is 2.13. The molecular weight excluding hydrogens is 244 g/mol. The van der Waals surface area contributed by atoms with Gasteiger partial charge in [-0.05, 0) is 18.6 Å². The molecule has 0 amide bonds. The number of aromatic nitrogens is 4. The molecule has 0 saturated carbocycles. The van der Waals surface area contributed by atoms with Crippen LogP contribution in [0.4, 0.5) is 0 Å². The van der Waals surface area contributed by atoms with Crippen molar-refractivity contribution in [2.75, 3.05) is 7.11 Å². The van der Waals surface area contributed by atoms with Crippen molar-refractivity contribution in [3.63, 3.8) is 0 Å². The molecular formula is C13H16N4O2. The van der Waals surface area contributed by atoms with Crippen molar-refractivity contribution in [3.8, 4) is 11.4 Å². The first kappa shape index (κ1) is 13.2. The number of carbonyl (C=O) groups is 1. The van der Waals surface area contributed by atoms with Crippen molar-refractivity contribution in [2.45, 2.75) is 26.2 Å². The smallest absolute Gasteiger partial charge is 0.358 e. The lowest BCUT2D eigenvalue weighted by Gasteiger charge is -1.99. The van der Waals surface area contributed by atoms with Crippen LogP contribution in [0.1, 0.15) is 36.1 Å². The summed E-state index contributed by atoms with van der Waals surface area (Å²) in [4.78, 5) is 18.7. The molecule has 2 aromatic heterocycles. The highest BCUT2D eigenvalue weighted by atomic mass is 16.5. The fourth-order valence-electron chi connectivity index (χ4n) is 1.65. The number of rotatable bonds is 5. The Morgan fingerprint density at radius 1 is 1.37 bits per heavy atom. The maximum Gasteiger partial charge on any atom is 0.358 e. The van der Waals surface area contributed by atoms with Gasteiger partial charge in [0, 0.05) is 6.42 Å². The van der Waals surface area contributed by atoms with Gasteiger partial charge in [0.15, 0.2) is 5.69 Å². The average Bonchev–Trinajstić information content (AvgIpc) is 2.93. The minimum absolute atomic E-state index is 0.192. The van der Waals surface area contributed by atoms with Gasteiger partial charge in [-0.1, -0.05) is 13.3 Å². The maximum absolute atomic E-state index is 11.2. The van der Waals surface area contributed by atoms with E-state index in [1.807, 2.05) is 0 Å². The third-order valence-corrected chi connectivity index (χ3v) is 2.73. The molecule has 0 aliphatic heterocycles. The van der Waals surface area contributed by atoms with Crippen LogP contribution in [0.25, 0.3) is 11.4 Å². The van der Waals surface area contributed by atoms with Crippen molar-refractivity contribution in [3.05, 3.63) is 29.8 Å². The second-order valence-corrected chi connectivity index (χ2v) is 4.14. The third kappa shape index (κ3) is 3.15. The summed E-state index contributed by atoms with van der Waals surface area (Å²) in [5.74, 6) is 0.447. The van der Waals surface area contributed by atoms with E-state index >= 15 is 0 Å². The zero-order valence-corrected chi connectivity index (χ0v) is 11.0. The van der Waals surface area contributed by atoms with Gasteiger partial charge in [0.25, 0.3) is 0 Å². The van der Waals surface area contributed by atoms with E-state index < -0.39 is 5.97 Å². The van der Waals surface area contributed by atoms with E-state index in [-0.39, 0.29) is 5.69 Å². The Morgan fingerprint density at radius 3 is 2.84 bits per heavy atom. The van der Waals surface area contributed by atoms with Gasteiger partial charge in [0.05, 0.1) is 19.0 Å². The molecule has 2 rings (SSSR count). The van der Waals surface area contributed by atoms with E-state index in [1.54, 1.807) is 18.3 Å². The van der Waals surface area contributed by atoms with Crippen LogP contribution in [0.2, 0.25) is 0 Å². The number of carbonyl (C=O) groups excluding carboxylic acids is 1. The highest BCUT2D eigenvalue weighted by molar-refractivity contribution is 5.87. The summed E-state index contributed by atoms with van der Waals surface area (Å²) < 4.78 is 4.57. The highest BCUT2D eigenvalue weighted by Gasteiger charge is 2.09. The molecule has 2 heterocycles. The lowest BCUT2D eigenvalue weighted by atomic mass is 10.2. The minimum Gasteiger partial charge on any atom is -0.464 e. The van der Waals surface area contributed by atoms with Crippen LogP contribution >= 0.6 is 0 Å². The Labute approximate surface area is 111 Å². The molecule has 0 bridgehead atoms. The quantitative estimate of drug-likeness (QED) is 0.831. The lowest BCUT2D eigenvalue weighted by Crippen LogP contribution is -2.05. The Morgan fingerprint density at radius 2 is 2.21 bits per heavy atom. The second kappa shape index (κ2) is 6.08. The molecule has 0 atom stereocenters. The zero-order chi connectivity index (χ0) is 13.7. The van der Waals surface area contributed by atoms with Crippen molar-refractivity contribution < 1.29 is 9.53 Å². The van der Waals surface area contributed by atoms with Gasteiger partial charge in [-0.25, -0.2) is 9.78 Å². The predicted molar refractivity (Wildman–Crippen MR) is 69.6 cm³/mol. The number of hydrogen-bond donors (Lipinski definition) is 1. The molecule has 0 radical (unpaired) electrons. The van der Waals surface area contributed by atoms with Crippen molar-refractivity contribution >= 4 is 5.97 Å². The normalized spacial score (nSPS) is 10.4. The third-order valence-electron chi connectivity index (χ3n) is 2.73. The monoisotopic (exact) mass is 260 g/mol. The van der Waals surface area contributed by atoms with E-state index in [2.05, 4.69) is 31.8 Å². The molecule has 0 unspecified atom stereocenters. The minimum atomic E-state index is -0.493. The van der Waals surface area contributed by atoms with Crippen LogP contribution in [-0.2, 0) is 11.2 Å². The number of nitrogens with one attached hydrogen (secondary N) is 1. The molecule has 0 saturated heterocycles. The number of imidazole rings is 1. The fourth-order valence-corrected chi connectivity index (χ4v) is 1.65. The number of methoxy groups -OCH3 is 1. The topological polar surface area (TPSA) is 80.8 Å². The number of nitrogens with zero attached hydrogens (tertiary/aromatic N) is 3. The highest BCUT2D eigenvalue weighted by Crippen LogP contribution is 2.14. The van der Waals surface area contributed by atoms with Crippen molar-refractivity contribution in [1.82, 2.24) is 20.2 Å². The van der Waals surface area contributed by atoms with Crippen LogP contribution in [0.15, 0.2) is 18.3 Å². The van der Waals surface area contributed by atoms with Gasteiger partial charge in [-0.3, -0.25) is 0 Å². The molecule has 6 heteroatoms. The van der Waals surface area contributed by atoms with Crippen LogP contribution < -0.4 is 0 Å². The molecule has 0 aliphatic rings. The SMILES string of the molecule is CCCCc1ncc(-c2ccc(C(=O)OC)nn2)[nH]1. The lowest BCUT2D eigenvalue weighted by molar-refractivity contribution is 0.0592. The summed E-state index contributed by atoms with van der Waals surface area (Å²) in [5.41, 5.74) is 1.65. The van der Waals surface area contributed by atoms with Gasteiger partial charge in [0.1, 0.15) is 11.5 Å². The zero-order valence-electron chi connectivity index (χ0n) is 11.0. The van der Waals surface area contributed by atoms with E-state index in [9.17, 15) is 4.79 Å². The Bertz CT molecular complexity index is 548. The van der Waals surface area contributed by atoms with E-state index in [1.165, 1.54) is 7.11 Å². The number of ether oxygens (including phenoxy) is 1. The molecule has 2 aromatic rings. The first-order chi connectivity index (χ1) is 9.24.